The molecule has 1 fully saturated rings. The monoisotopic (exact) mass is 374 g/mol. The summed E-state index contributed by atoms with van der Waals surface area (Å²) in [6.45, 7) is 7.97. The highest BCUT2D eigenvalue weighted by atomic mass is 16.5. The number of amides is 1. The van der Waals surface area contributed by atoms with Gasteiger partial charge in [-0.3, -0.25) is 4.79 Å². The fourth-order valence-electron chi connectivity index (χ4n) is 2.99. The van der Waals surface area contributed by atoms with Crippen molar-refractivity contribution < 1.29 is 14.1 Å². The van der Waals surface area contributed by atoms with E-state index in [0.29, 0.717) is 39.1 Å². The molecule has 1 amide bonds. The quantitative estimate of drug-likeness (QED) is 0.661. The van der Waals surface area contributed by atoms with Crippen molar-refractivity contribution >= 4 is 17.5 Å². The number of anilines is 2. The van der Waals surface area contributed by atoms with Gasteiger partial charge in [-0.05, 0) is 20.3 Å². The molecular formula is C18H26N6O3. The Balaban J connectivity index is 1.38. The first-order valence-electron chi connectivity index (χ1n) is 9.20. The lowest BCUT2D eigenvalue weighted by Crippen LogP contribution is -2.36. The van der Waals surface area contributed by atoms with Crippen molar-refractivity contribution in [3.63, 3.8) is 0 Å². The van der Waals surface area contributed by atoms with Crippen LogP contribution in [0.3, 0.4) is 0 Å². The first-order valence-corrected chi connectivity index (χ1v) is 9.20. The second-order valence-electron chi connectivity index (χ2n) is 6.44. The number of carbonyl (C=O) groups excluding carboxylic acids is 1. The van der Waals surface area contributed by atoms with E-state index in [1.54, 1.807) is 6.33 Å². The maximum absolute atomic E-state index is 12.0. The van der Waals surface area contributed by atoms with Crippen molar-refractivity contribution in [2.24, 2.45) is 0 Å². The second-order valence-corrected chi connectivity index (χ2v) is 6.44. The van der Waals surface area contributed by atoms with Gasteiger partial charge in [-0.2, -0.15) is 0 Å². The van der Waals surface area contributed by atoms with E-state index in [4.69, 9.17) is 9.26 Å². The summed E-state index contributed by atoms with van der Waals surface area (Å²) in [7, 11) is 0. The fraction of sp³-hybridized carbons (Fsp3) is 0.556. The van der Waals surface area contributed by atoms with E-state index in [0.717, 1.165) is 41.7 Å². The molecule has 0 aromatic carbocycles. The maximum Gasteiger partial charge on any atom is 0.220 e. The number of ether oxygens (including phenoxy) is 1. The number of aryl methyl sites for hydroxylation is 2. The van der Waals surface area contributed by atoms with E-state index in [2.05, 4.69) is 30.7 Å². The SMILES string of the molecule is Cc1noc(C)c1CCC(=O)NCCNc1cc(N2CCOCC2)ncn1. The second kappa shape index (κ2) is 9.31. The highest BCUT2D eigenvalue weighted by molar-refractivity contribution is 5.76. The Labute approximate surface area is 158 Å². The van der Waals surface area contributed by atoms with E-state index < -0.39 is 0 Å². The minimum absolute atomic E-state index is 0.00786. The first kappa shape index (κ1) is 19.1. The molecule has 27 heavy (non-hydrogen) atoms. The molecule has 3 heterocycles. The number of aromatic nitrogens is 3. The molecule has 1 aliphatic rings. The molecule has 1 aliphatic heterocycles. The fourth-order valence-corrected chi connectivity index (χ4v) is 2.99. The van der Waals surface area contributed by atoms with Crippen LogP contribution in [0.1, 0.15) is 23.4 Å². The van der Waals surface area contributed by atoms with Gasteiger partial charge in [-0.25, -0.2) is 9.97 Å². The number of rotatable bonds is 8. The summed E-state index contributed by atoms with van der Waals surface area (Å²) in [6, 6.07) is 1.92. The number of nitrogens with zero attached hydrogens (tertiary/aromatic N) is 4. The van der Waals surface area contributed by atoms with Gasteiger partial charge < -0.3 is 24.8 Å². The molecule has 1 saturated heterocycles. The number of hydrogen-bond acceptors (Lipinski definition) is 8. The number of nitrogens with one attached hydrogen (secondary N) is 2. The smallest absolute Gasteiger partial charge is 0.220 e. The lowest BCUT2D eigenvalue weighted by Gasteiger charge is -2.27. The third-order valence-electron chi connectivity index (χ3n) is 4.52. The molecule has 146 valence electrons. The van der Waals surface area contributed by atoms with Crippen LogP contribution in [0.2, 0.25) is 0 Å². The summed E-state index contributed by atoms with van der Waals surface area (Å²) in [5.41, 5.74) is 1.86. The van der Waals surface area contributed by atoms with Crippen LogP contribution >= 0.6 is 0 Å². The number of carbonyl (C=O) groups is 1. The van der Waals surface area contributed by atoms with Crippen LogP contribution in [0.15, 0.2) is 16.9 Å². The molecule has 9 heteroatoms. The van der Waals surface area contributed by atoms with E-state index in [9.17, 15) is 4.79 Å². The summed E-state index contributed by atoms with van der Waals surface area (Å²) in [5, 5.41) is 10.0. The van der Waals surface area contributed by atoms with Crippen LogP contribution in [-0.2, 0) is 16.0 Å². The van der Waals surface area contributed by atoms with Gasteiger partial charge in [0.15, 0.2) is 0 Å². The molecule has 2 aromatic rings. The van der Waals surface area contributed by atoms with Crippen molar-refractivity contribution in [2.75, 3.05) is 49.6 Å². The predicted octanol–water partition coefficient (Wildman–Crippen LogP) is 1.08. The van der Waals surface area contributed by atoms with Crippen molar-refractivity contribution in [3.8, 4) is 0 Å². The van der Waals surface area contributed by atoms with E-state index in [1.165, 1.54) is 0 Å². The first-order chi connectivity index (χ1) is 13.1. The van der Waals surface area contributed by atoms with Gasteiger partial charge in [-0.1, -0.05) is 5.16 Å². The summed E-state index contributed by atoms with van der Waals surface area (Å²) < 4.78 is 10.5. The van der Waals surface area contributed by atoms with E-state index in [1.807, 2.05) is 19.9 Å². The lowest BCUT2D eigenvalue weighted by molar-refractivity contribution is -0.120. The summed E-state index contributed by atoms with van der Waals surface area (Å²) in [5.74, 6) is 2.42. The molecular weight excluding hydrogens is 348 g/mol. The molecule has 3 rings (SSSR count). The normalized spacial score (nSPS) is 14.2. The Morgan fingerprint density at radius 1 is 1.22 bits per heavy atom. The predicted molar refractivity (Wildman–Crippen MR) is 101 cm³/mol. The van der Waals surface area contributed by atoms with Gasteiger partial charge in [0.1, 0.15) is 23.7 Å². The molecule has 2 N–H and O–H groups in total. The Bertz CT molecular complexity index is 738. The molecule has 0 spiro atoms. The third kappa shape index (κ3) is 5.40. The van der Waals surface area contributed by atoms with Crippen molar-refractivity contribution in [1.29, 1.82) is 0 Å². The minimum atomic E-state index is 0.00786. The lowest BCUT2D eigenvalue weighted by atomic mass is 10.1. The molecule has 0 radical (unpaired) electrons. The van der Waals surface area contributed by atoms with E-state index in [-0.39, 0.29) is 5.91 Å². The van der Waals surface area contributed by atoms with Gasteiger partial charge in [0.2, 0.25) is 5.91 Å². The van der Waals surface area contributed by atoms with Gasteiger partial charge >= 0.3 is 0 Å². The molecule has 9 nitrogen and oxygen atoms in total. The van der Waals surface area contributed by atoms with Crippen molar-refractivity contribution in [3.05, 3.63) is 29.4 Å². The molecule has 2 aromatic heterocycles. The van der Waals surface area contributed by atoms with Crippen molar-refractivity contribution in [2.45, 2.75) is 26.7 Å². The standard InChI is InChI=1S/C18H26N6O3/c1-13-15(14(2)27-23-13)3-4-18(25)20-6-5-19-16-11-17(22-12-21-16)24-7-9-26-10-8-24/h11-12H,3-10H2,1-2H3,(H,20,25)(H,19,21,22). The van der Waals surface area contributed by atoms with Gasteiger partial charge in [-0.15, -0.1) is 0 Å². The topological polar surface area (TPSA) is 105 Å². The minimum Gasteiger partial charge on any atom is -0.378 e. The Morgan fingerprint density at radius 3 is 2.78 bits per heavy atom. The van der Waals surface area contributed by atoms with Gasteiger partial charge in [0.25, 0.3) is 0 Å². The molecule has 0 atom stereocenters. The third-order valence-corrected chi connectivity index (χ3v) is 4.52. The Hall–Kier alpha value is -2.68. The van der Waals surface area contributed by atoms with Crippen LogP contribution in [0, 0.1) is 13.8 Å². The van der Waals surface area contributed by atoms with Gasteiger partial charge in [0, 0.05) is 44.2 Å². The van der Waals surface area contributed by atoms with Crippen molar-refractivity contribution in [1.82, 2.24) is 20.4 Å². The number of morpholine rings is 1. The average Bonchev–Trinajstić information content (AvgIpc) is 3.02. The summed E-state index contributed by atoms with van der Waals surface area (Å²) in [4.78, 5) is 22.7. The van der Waals surface area contributed by atoms with Crippen LogP contribution < -0.4 is 15.5 Å². The maximum atomic E-state index is 12.0. The highest BCUT2D eigenvalue weighted by Crippen LogP contribution is 2.15. The van der Waals surface area contributed by atoms with Crippen LogP contribution in [0.4, 0.5) is 11.6 Å². The largest absolute Gasteiger partial charge is 0.378 e. The number of hydrogen-bond donors (Lipinski definition) is 2. The summed E-state index contributed by atoms with van der Waals surface area (Å²) >= 11 is 0. The average molecular weight is 374 g/mol. The Kier molecular flexibility index (Phi) is 6.59. The van der Waals surface area contributed by atoms with Gasteiger partial charge in [0.05, 0.1) is 18.9 Å². The zero-order valence-electron chi connectivity index (χ0n) is 15.8. The zero-order valence-corrected chi connectivity index (χ0v) is 15.8. The van der Waals surface area contributed by atoms with Crippen LogP contribution in [-0.4, -0.2) is 60.4 Å². The zero-order chi connectivity index (χ0) is 19.1. The summed E-state index contributed by atoms with van der Waals surface area (Å²) in [6.07, 6.45) is 2.60. The van der Waals surface area contributed by atoms with Crippen LogP contribution in [0.25, 0.3) is 0 Å². The molecule has 0 bridgehead atoms. The van der Waals surface area contributed by atoms with Crippen LogP contribution in [0.5, 0.6) is 0 Å². The Morgan fingerprint density at radius 2 is 2.04 bits per heavy atom. The highest BCUT2D eigenvalue weighted by Gasteiger charge is 2.13. The molecule has 0 aliphatic carbocycles. The van der Waals surface area contributed by atoms with E-state index >= 15 is 0 Å². The molecule has 0 saturated carbocycles. The molecule has 0 unspecified atom stereocenters.